The highest BCUT2D eigenvalue weighted by Gasteiger charge is 2.33. The van der Waals surface area contributed by atoms with Gasteiger partial charge in [0.05, 0.1) is 6.61 Å². The van der Waals surface area contributed by atoms with E-state index in [-0.39, 0.29) is 5.97 Å². The van der Waals surface area contributed by atoms with Gasteiger partial charge in [-0.3, -0.25) is 0 Å². The van der Waals surface area contributed by atoms with Gasteiger partial charge in [0.25, 0.3) is 0 Å². The van der Waals surface area contributed by atoms with E-state index in [1.165, 1.54) is 16.9 Å². The lowest BCUT2D eigenvalue weighted by Gasteiger charge is -2.24. The molecule has 2 heterocycles. The third kappa shape index (κ3) is 4.62. The molecular weight excluding hydrogens is 446 g/mol. The summed E-state index contributed by atoms with van der Waals surface area (Å²) in [7, 11) is 0. The Morgan fingerprint density at radius 1 is 1.21 bits per heavy atom. The van der Waals surface area contributed by atoms with Crippen LogP contribution in [0.5, 0.6) is 5.75 Å². The van der Waals surface area contributed by atoms with Gasteiger partial charge in [0.15, 0.2) is 6.10 Å². The zero-order chi connectivity index (χ0) is 24.2. The van der Waals surface area contributed by atoms with Crippen molar-refractivity contribution in [2.24, 2.45) is 0 Å². The van der Waals surface area contributed by atoms with Crippen LogP contribution in [0.3, 0.4) is 0 Å². The van der Waals surface area contributed by atoms with Crippen molar-refractivity contribution in [2.75, 3.05) is 19.8 Å². The van der Waals surface area contributed by atoms with E-state index in [0.29, 0.717) is 19.8 Å². The summed E-state index contributed by atoms with van der Waals surface area (Å²) >= 11 is 1.78. The highest BCUT2D eigenvalue weighted by atomic mass is 32.1. The summed E-state index contributed by atoms with van der Waals surface area (Å²) in [4.78, 5) is 20.5. The minimum atomic E-state index is -0.857. The summed E-state index contributed by atoms with van der Waals surface area (Å²) in [5, 5.41) is 1.13. The molecule has 0 bridgehead atoms. The summed E-state index contributed by atoms with van der Waals surface area (Å²) < 4.78 is 17.6. The van der Waals surface area contributed by atoms with Gasteiger partial charge in [-0.25, -0.2) is 9.78 Å². The number of hydrogen-bond donors (Lipinski definition) is 0. The molecule has 0 radical (unpaired) electrons. The number of aryl methyl sites for hydroxylation is 4. The van der Waals surface area contributed by atoms with Gasteiger partial charge < -0.3 is 14.2 Å². The molecule has 0 N–H and O–H groups in total. The number of nitrogens with zero attached hydrogens (tertiary/aromatic N) is 1. The van der Waals surface area contributed by atoms with E-state index >= 15 is 0 Å². The fraction of sp³-hybridized carbons (Fsp3) is 0.429. The first-order chi connectivity index (χ1) is 16.5. The van der Waals surface area contributed by atoms with E-state index in [9.17, 15) is 4.79 Å². The number of aromatic nitrogens is 1. The maximum Gasteiger partial charge on any atom is 0.340 e. The lowest BCUT2D eigenvalue weighted by molar-refractivity contribution is -0.157. The van der Waals surface area contributed by atoms with Gasteiger partial charge in [-0.1, -0.05) is 24.8 Å². The fourth-order valence-corrected chi connectivity index (χ4v) is 6.09. The molecule has 0 saturated heterocycles. The van der Waals surface area contributed by atoms with E-state index in [2.05, 4.69) is 18.7 Å². The van der Waals surface area contributed by atoms with Crippen molar-refractivity contribution >= 4 is 27.5 Å². The Hall–Kier alpha value is -2.70. The van der Waals surface area contributed by atoms with E-state index in [4.69, 9.17) is 19.2 Å². The van der Waals surface area contributed by atoms with Crippen LogP contribution in [0.15, 0.2) is 30.9 Å². The number of hydrogen-bond acceptors (Lipinski definition) is 6. The molecule has 0 amide bonds. The van der Waals surface area contributed by atoms with Crippen molar-refractivity contribution in [1.29, 1.82) is 0 Å². The van der Waals surface area contributed by atoms with Crippen LogP contribution in [-0.2, 0) is 27.1 Å². The molecule has 1 aliphatic rings. The zero-order valence-corrected chi connectivity index (χ0v) is 21.3. The number of benzene rings is 1. The molecule has 0 aliphatic heterocycles. The minimum Gasteiger partial charge on any atom is -0.489 e. The van der Waals surface area contributed by atoms with E-state index in [1.54, 1.807) is 17.4 Å². The lowest BCUT2D eigenvalue weighted by Crippen LogP contribution is -2.21. The SMILES string of the molecule is C=CCOc1cc(C)ccc1-c1c(C(OCC)C(=O)OCC)c(C)nc2sc3c(c12)CCCC3. The predicted molar refractivity (Wildman–Crippen MR) is 138 cm³/mol. The van der Waals surface area contributed by atoms with Crippen LogP contribution >= 0.6 is 11.3 Å². The summed E-state index contributed by atoms with van der Waals surface area (Å²) in [5.41, 5.74) is 5.93. The molecule has 6 heteroatoms. The molecule has 0 fully saturated rings. The van der Waals surface area contributed by atoms with Crippen LogP contribution in [0.25, 0.3) is 21.3 Å². The number of carbonyl (C=O) groups is 1. The molecule has 3 aromatic rings. The number of fused-ring (bicyclic) bond motifs is 3. The predicted octanol–water partition coefficient (Wildman–Crippen LogP) is 6.66. The molecule has 0 spiro atoms. The van der Waals surface area contributed by atoms with Gasteiger partial charge >= 0.3 is 5.97 Å². The first kappa shape index (κ1) is 24.4. The van der Waals surface area contributed by atoms with Crippen LogP contribution in [0.1, 0.15) is 60.1 Å². The van der Waals surface area contributed by atoms with Crippen molar-refractivity contribution < 1.29 is 19.0 Å². The molecule has 180 valence electrons. The topological polar surface area (TPSA) is 57.7 Å². The number of rotatable bonds is 9. The standard InChI is InChI=1S/C28H33NO4S/c1-6-15-33-21-16-17(4)13-14-19(21)24-23(26(31-7-2)28(30)32-8-3)18(5)29-27-25(24)20-11-9-10-12-22(20)34-27/h6,13-14,16,26H,1,7-12,15H2,2-5H3. The third-order valence-corrected chi connectivity index (χ3v) is 7.38. The van der Waals surface area contributed by atoms with Gasteiger partial charge in [0, 0.05) is 39.3 Å². The molecule has 1 aromatic carbocycles. The first-order valence-electron chi connectivity index (χ1n) is 12.1. The Morgan fingerprint density at radius 3 is 2.74 bits per heavy atom. The molecule has 1 unspecified atom stereocenters. The van der Waals surface area contributed by atoms with Gasteiger partial charge in [-0.15, -0.1) is 11.3 Å². The van der Waals surface area contributed by atoms with Crippen molar-refractivity contribution in [3.05, 3.63) is 58.1 Å². The third-order valence-electron chi connectivity index (χ3n) is 6.19. The Kier molecular flexibility index (Phi) is 7.69. The quantitative estimate of drug-likeness (QED) is 0.254. The lowest BCUT2D eigenvalue weighted by atomic mass is 9.87. The van der Waals surface area contributed by atoms with E-state index in [0.717, 1.165) is 63.2 Å². The molecule has 4 rings (SSSR count). The van der Waals surface area contributed by atoms with Crippen molar-refractivity contribution in [3.63, 3.8) is 0 Å². The summed E-state index contributed by atoms with van der Waals surface area (Å²) in [6.45, 7) is 12.6. The van der Waals surface area contributed by atoms with Crippen molar-refractivity contribution in [3.8, 4) is 16.9 Å². The average molecular weight is 480 g/mol. The number of ether oxygens (including phenoxy) is 3. The van der Waals surface area contributed by atoms with Gasteiger partial charge in [-0.05, 0) is 70.6 Å². The smallest absolute Gasteiger partial charge is 0.340 e. The van der Waals surface area contributed by atoms with E-state index < -0.39 is 6.10 Å². The van der Waals surface area contributed by atoms with Crippen LogP contribution in [0.4, 0.5) is 0 Å². The van der Waals surface area contributed by atoms with Crippen molar-refractivity contribution in [1.82, 2.24) is 4.98 Å². The van der Waals surface area contributed by atoms with Crippen molar-refractivity contribution in [2.45, 2.75) is 59.5 Å². The average Bonchev–Trinajstić information content (AvgIpc) is 3.19. The van der Waals surface area contributed by atoms with Gasteiger partial charge in [0.1, 0.15) is 17.2 Å². The molecule has 2 aromatic heterocycles. The minimum absolute atomic E-state index is 0.290. The normalized spacial score (nSPS) is 14.0. The summed E-state index contributed by atoms with van der Waals surface area (Å²) in [6, 6.07) is 6.22. The highest BCUT2D eigenvalue weighted by Crippen LogP contribution is 2.47. The number of carbonyl (C=O) groups excluding carboxylic acids is 1. The number of esters is 1. The fourth-order valence-electron chi connectivity index (χ4n) is 4.77. The van der Waals surface area contributed by atoms with Crippen LogP contribution < -0.4 is 4.74 Å². The zero-order valence-electron chi connectivity index (χ0n) is 20.5. The second-order valence-electron chi connectivity index (χ2n) is 8.56. The first-order valence-corrected chi connectivity index (χ1v) is 12.9. The maximum absolute atomic E-state index is 13.1. The number of pyridine rings is 1. The largest absolute Gasteiger partial charge is 0.489 e. The maximum atomic E-state index is 13.1. The summed E-state index contributed by atoms with van der Waals surface area (Å²) in [6.07, 6.45) is 5.33. The Labute approximate surface area is 205 Å². The molecular formula is C28H33NO4S. The van der Waals surface area contributed by atoms with Crippen LogP contribution in [-0.4, -0.2) is 30.8 Å². The number of thiophene rings is 1. The van der Waals surface area contributed by atoms with Crippen LogP contribution in [0.2, 0.25) is 0 Å². The molecule has 1 aliphatic carbocycles. The van der Waals surface area contributed by atoms with Gasteiger partial charge in [-0.2, -0.15) is 0 Å². The summed E-state index contributed by atoms with van der Waals surface area (Å²) in [5.74, 6) is 0.377. The van der Waals surface area contributed by atoms with Gasteiger partial charge in [0.2, 0.25) is 0 Å². The Balaban J connectivity index is 2.09. The second kappa shape index (κ2) is 10.7. The molecule has 34 heavy (non-hydrogen) atoms. The molecule has 1 atom stereocenters. The van der Waals surface area contributed by atoms with E-state index in [1.807, 2.05) is 33.8 Å². The Bertz CT molecular complexity index is 1210. The second-order valence-corrected chi connectivity index (χ2v) is 9.65. The Morgan fingerprint density at radius 2 is 2.00 bits per heavy atom. The molecule has 0 saturated carbocycles. The highest BCUT2D eigenvalue weighted by molar-refractivity contribution is 7.19. The molecule has 5 nitrogen and oxygen atoms in total. The monoisotopic (exact) mass is 479 g/mol. The van der Waals surface area contributed by atoms with Crippen LogP contribution in [0, 0.1) is 13.8 Å².